The molecule has 152 valence electrons. The predicted octanol–water partition coefficient (Wildman–Crippen LogP) is 2.74. The maximum atomic E-state index is 13.4. The van der Waals surface area contributed by atoms with Gasteiger partial charge in [-0.25, -0.2) is 9.37 Å². The highest BCUT2D eigenvalue weighted by Gasteiger charge is 2.29. The molecule has 7 heteroatoms. The Kier molecular flexibility index (Phi) is 6.80. The van der Waals surface area contributed by atoms with E-state index in [4.69, 9.17) is 4.74 Å². The second-order valence-electron chi connectivity index (χ2n) is 7.90. The van der Waals surface area contributed by atoms with Gasteiger partial charge in [0.2, 0.25) is 5.91 Å². The molecule has 0 aliphatic carbocycles. The number of hydrogen-bond acceptors (Lipinski definition) is 4. The number of carbonyl (C=O) groups is 1. The SMILES string of the molecule is Cc1[nH]cnc1CN1CC(=O)N(CC(C)C)CC(OCc2cccc(F)c2)C1. The molecule has 2 aromatic rings. The first-order valence-electron chi connectivity index (χ1n) is 9.75. The van der Waals surface area contributed by atoms with Gasteiger partial charge in [-0.15, -0.1) is 0 Å². The molecule has 1 fully saturated rings. The number of imidazole rings is 1. The number of H-pyrrole nitrogens is 1. The molecule has 0 spiro atoms. The number of nitrogens with zero attached hydrogens (tertiary/aromatic N) is 3. The van der Waals surface area contributed by atoms with Gasteiger partial charge >= 0.3 is 0 Å². The van der Waals surface area contributed by atoms with E-state index in [2.05, 4.69) is 28.7 Å². The van der Waals surface area contributed by atoms with Crippen LogP contribution >= 0.6 is 0 Å². The van der Waals surface area contributed by atoms with E-state index in [-0.39, 0.29) is 17.8 Å². The van der Waals surface area contributed by atoms with Crippen molar-refractivity contribution in [2.24, 2.45) is 5.92 Å². The number of aromatic amines is 1. The fourth-order valence-corrected chi connectivity index (χ4v) is 3.49. The standard InChI is InChI=1S/C21H29FN4O2/c1-15(2)8-26-10-19(28-13-17-5-4-6-18(22)7-17)9-25(12-21(26)27)11-20-16(3)23-14-24-20/h4-7,14-15,19H,8-13H2,1-3H3,(H,23,24). The Labute approximate surface area is 165 Å². The van der Waals surface area contributed by atoms with Crippen LogP contribution in [0, 0.1) is 18.7 Å². The van der Waals surface area contributed by atoms with Crippen LogP contribution in [-0.4, -0.2) is 58.0 Å². The smallest absolute Gasteiger partial charge is 0.236 e. The van der Waals surface area contributed by atoms with Gasteiger partial charge in [-0.3, -0.25) is 9.69 Å². The number of carbonyl (C=O) groups excluding carboxylic acids is 1. The van der Waals surface area contributed by atoms with Gasteiger partial charge in [-0.2, -0.15) is 0 Å². The number of halogens is 1. The number of amides is 1. The molecule has 0 radical (unpaired) electrons. The van der Waals surface area contributed by atoms with Crippen molar-refractivity contribution in [3.63, 3.8) is 0 Å². The minimum Gasteiger partial charge on any atom is -0.370 e. The largest absolute Gasteiger partial charge is 0.370 e. The lowest BCUT2D eigenvalue weighted by molar-refractivity contribution is -0.132. The molecule has 1 aromatic heterocycles. The Hall–Kier alpha value is -2.25. The Morgan fingerprint density at radius 1 is 1.36 bits per heavy atom. The number of aromatic nitrogens is 2. The van der Waals surface area contributed by atoms with Crippen molar-refractivity contribution >= 4 is 5.91 Å². The van der Waals surface area contributed by atoms with E-state index in [1.165, 1.54) is 12.1 Å². The summed E-state index contributed by atoms with van der Waals surface area (Å²) < 4.78 is 19.6. The monoisotopic (exact) mass is 388 g/mol. The summed E-state index contributed by atoms with van der Waals surface area (Å²) in [6, 6.07) is 6.44. The summed E-state index contributed by atoms with van der Waals surface area (Å²) in [6.07, 6.45) is 1.53. The van der Waals surface area contributed by atoms with Crippen molar-refractivity contribution in [1.29, 1.82) is 0 Å². The molecule has 6 nitrogen and oxygen atoms in total. The Bertz CT molecular complexity index is 792. The lowest BCUT2D eigenvalue weighted by atomic mass is 10.2. The summed E-state index contributed by atoms with van der Waals surface area (Å²) in [5.74, 6) is 0.223. The van der Waals surface area contributed by atoms with Gasteiger partial charge in [0.15, 0.2) is 0 Å². The Morgan fingerprint density at radius 3 is 2.86 bits per heavy atom. The first kappa shape index (κ1) is 20.5. The molecular weight excluding hydrogens is 359 g/mol. The van der Waals surface area contributed by atoms with Crippen LogP contribution in [0.1, 0.15) is 30.8 Å². The normalized spacial score (nSPS) is 18.7. The highest BCUT2D eigenvalue weighted by atomic mass is 19.1. The van der Waals surface area contributed by atoms with Gasteiger partial charge in [0.25, 0.3) is 0 Å². The zero-order chi connectivity index (χ0) is 20.1. The van der Waals surface area contributed by atoms with Gasteiger partial charge in [0.05, 0.1) is 31.3 Å². The van der Waals surface area contributed by atoms with Crippen molar-refractivity contribution in [3.05, 3.63) is 53.4 Å². The molecule has 2 heterocycles. The fourth-order valence-electron chi connectivity index (χ4n) is 3.49. The van der Waals surface area contributed by atoms with Crippen molar-refractivity contribution in [1.82, 2.24) is 19.8 Å². The van der Waals surface area contributed by atoms with Crippen molar-refractivity contribution in [2.75, 3.05) is 26.2 Å². The number of hydrogen-bond donors (Lipinski definition) is 1. The molecule has 0 bridgehead atoms. The Morgan fingerprint density at radius 2 is 2.18 bits per heavy atom. The number of nitrogens with one attached hydrogen (secondary N) is 1. The molecule has 1 unspecified atom stereocenters. The van der Waals surface area contributed by atoms with Gasteiger partial charge < -0.3 is 14.6 Å². The molecule has 0 saturated carbocycles. The topological polar surface area (TPSA) is 61.5 Å². The molecule has 1 aliphatic rings. The molecule has 1 saturated heterocycles. The third-order valence-corrected chi connectivity index (χ3v) is 4.87. The third-order valence-electron chi connectivity index (χ3n) is 4.87. The van der Waals surface area contributed by atoms with Crippen molar-refractivity contribution in [3.8, 4) is 0 Å². The molecule has 3 rings (SSSR count). The highest BCUT2D eigenvalue weighted by Crippen LogP contribution is 2.16. The minimum absolute atomic E-state index is 0.110. The summed E-state index contributed by atoms with van der Waals surface area (Å²) in [7, 11) is 0. The van der Waals surface area contributed by atoms with Gasteiger partial charge in [-0.05, 0) is 30.5 Å². The average molecular weight is 388 g/mol. The summed E-state index contributed by atoms with van der Waals surface area (Å²) in [5, 5.41) is 0. The summed E-state index contributed by atoms with van der Waals surface area (Å²) in [4.78, 5) is 24.2. The van der Waals surface area contributed by atoms with E-state index in [1.54, 1.807) is 12.4 Å². The zero-order valence-corrected chi connectivity index (χ0v) is 16.8. The molecule has 28 heavy (non-hydrogen) atoms. The maximum Gasteiger partial charge on any atom is 0.236 e. The molecule has 1 N–H and O–H groups in total. The maximum absolute atomic E-state index is 13.4. The number of ether oxygens (including phenoxy) is 1. The van der Waals surface area contributed by atoms with Crippen LogP contribution in [0.2, 0.25) is 0 Å². The molecule has 1 amide bonds. The summed E-state index contributed by atoms with van der Waals surface area (Å²) in [5.41, 5.74) is 2.74. The summed E-state index contributed by atoms with van der Waals surface area (Å²) >= 11 is 0. The number of rotatable bonds is 7. The number of benzene rings is 1. The summed E-state index contributed by atoms with van der Waals surface area (Å²) in [6.45, 7) is 9.32. The first-order chi connectivity index (χ1) is 13.4. The van der Waals surface area contributed by atoms with E-state index >= 15 is 0 Å². The average Bonchev–Trinajstić information content (AvgIpc) is 2.96. The molecule has 1 aromatic carbocycles. The van der Waals surface area contributed by atoms with Crippen LogP contribution in [0.25, 0.3) is 0 Å². The van der Waals surface area contributed by atoms with Crippen LogP contribution in [-0.2, 0) is 22.7 Å². The van der Waals surface area contributed by atoms with E-state index in [0.717, 1.165) is 17.0 Å². The van der Waals surface area contributed by atoms with Crippen molar-refractivity contribution in [2.45, 2.75) is 40.0 Å². The quantitative estimate of drug-likeness (QED) is 0.792. The lowest BCUT2D eigenvalue weighted by Crippen LogP contribution is -2.40. The molecule has 1 aliphatic heterocycles. The van der Waals surface area contributed by atoms with Gasteiger partial charge in [0.1, 0.15) is 5.82 Å². The lowest BCUT2D eigenvalue weighted by Gasteiger charge is -2.26. The van der Waals surface area contributed by atoms with Crippen LogP contribution in [0.4, 0.5) is 4.39 Å². The highest BCUT2D eigenvalue weighted by molar-refractivity contribution is 5.78. The number of aryl methyl sites for hydroxylation is 1. The van der Waals surface area contributed by atoms with E-state index in [9.17, 15) is 9.18 Å². The zero-order valence-electron chi connectivity index (χ0n) is 16.8. The van der Waals surface area contributed by atoms with Crippen LogP contribution in [0.5, 0.6) is 0 Å². The molecular formula is C21H29FN4O2. The molecule has 1 atom stereocenters. The van der Waals surface area contributed by atoms with Gasteiger partial charge in [-0.1, -0.05) is 26.0 Å². The van der Waals surface area contributed by atoms with E-state index < -0.39 is 0 Å². The van der Waals surface area contributed by atoms with Crippen LogP contribution in [0.15, 0.2) is 30.6 Å². The third kappa shape index (κ3) is 5.62. The van der Waals surface area contributed by atoms with E-state index in [1.807, 2.05) is 17.9 Å². The second-order valence-corrected chi connectivity index (χ2v) is 7.90. The fraction of sp³-hybridized carbons (Fsp3) is 0.524. The Balaban J connectivity index is 1.71. The second kappa shape index (κ2) is 9.30. The minimum atomic E-state index is -0.269. The van der Waals surface area contributed by atoms with Crippen LogP contribution in [0.3, 0.4) is 0 Å². The van der Waals surface area contributed by atoms with E-state index in [0.29, 0.717) is 45.2 Å². The van der Waals surface area contributed by atoms with Crippen molar-refractivity contribution < 1.29 is 13.9 Å². The first-order valence-corrected chi connectivity index (χ1v) is 9.75. The van der Waals surface area contributed by atoms with Gasteiger partial charge in [0, 0.05) is 31.9 Å². The predicted molar refractivity (Wildman–Crippen MR) is 105 cm³/mol. The van der Waals surface area contributed by atoms with Crippen LogP contribution < -0.4 is 0 Å².